The first-order valence-corrected chi connectivity index (χ1v) is 4.89. The Labute approximate surface area is 84.4 Å². The summed E-state index contributed by atoms with van der Waals surface area (Å²) in [6.07, 6.45) is 2.18. The van der Waals surface area contributed by atoms with Crippen LogP contribution in [0.2, 0.25) is 0 Å². The molecule has 0 amide bonds. The Bertz CT molecular complexity index is 248. The molecule has 0 bridgehead atoms. The minimum Gasteiger partial charge on any atom is -0.469 e. The van der Waals surface area contributed by atoms with Crippen LogP contribution < -0.4 is 0 Å². The van der Waals surface area contributed by atoms with E-state index in [4.69, 9.17) is 4.42 Å². The number of furan rings is 1. The van der Waals surface area contributed by atoms with E-state index in [0.717, 1.165) is 5.76 Å². The van der Waals surface area contributed by atoms with Crippen LogP contribution in [0.4, 0.5) is 0 Å². The summed E-state index contributed by atoms with van der Waals surface area (Å²) >= 11 is 0. The zero-order valence-corrected chi connectivity index (χ0v) is 8.73. The average molecular weight is 198 g/mol. The van der Waals surface area contributed by atoms with Gasteiger partial charge in [0.15, 0.2) is 0 Å². The topological polar surface area (TPSA) is 53.6 Å². The van der Waals surface area contributed by atoms with Crippen LogP contribution in [0.25, 0.3) is 0 Å². The molecule has 1 aromatic rings. The Morgan fingerprint density at radius 1 is 1.36 bits per heavy atom. The largest absolute Gasteiger partial charge is 0.469 e. The molecule has 0 saturated carbocycles. The van der Waals surface area contributed by atoms with Crippen LogP contribution in [-0.4, -0.2) is 23.4 Å². The highest BCUT2D eigenvalue weighted by atomic mass is 16.3. The third kappa shape index (κ3) is 2.16. The molecule has 0 fully saturated rings. The van der Waals surface area contributed by atoms with Crippen molar-refractivity contribution in [2.45, 2.75) is 20.3 Å². The first-order valence-electron chi connectivity index (χ1n) is 4.89. The molecule has 0 unspecified atom stereocenters. The van der Waals surface area contributed by atoms with Gasteiger partial charge < -0.3 is 14.6 Å². The van der Waals surface area contributed by atoms with Gasteiger partial charge in [0.1, 0.15) is 5.76 Å². The molecule has 0 aromatic carbocycles. The van der Waals surface area contributed by atoms with Gasteiger partial charge in [0.05, 0.1) is 19.5 Å². The zero-order valence-electron chi connectivity index (χ0n) is 8.73. The summed E-state index contributed by atoms with van der Waals surface area (Å²) in [5, 5.41) is 18.7. The summed E-state index contributed by atoms with van der Waals surface area (Å²) in [5.74, 6) is 1.02. The van der Waals surface area contributed by atoms with E-state index in [1.165, 1.54) is 0 Å². The van der Waals surface area contributed by atoms with Crippen molar-refractivity contribution in [3.63, 3.8) is 0 Å². The molecule has 3 nitrogen and oxygen atoms in total. The quantitative estimate of drug-likeness (QED) is 0.753. The van der Waals surface area contributed by atoms with Crippen molar-refractivity contribution in [2.24, 2.45) is 11.3 Å². The van der Waals surface area contributed by atoms with Crippen LogP contribution in [0.3, 0.4) is 0 Å². The second kappa shape index (κ2) is 4.62. The van der Waals surface area contributed by atoms with Crippen molar-refractivity contribution in [1.82, 2.24) is 0 Å². The minimum atomic E-state index is -0.474. The van der Waals surface area contributed by atoms with Gasteiger partial charge in [-0.2, -0.15) is 0 Å². The molecule has 0 atom stereocenters. The number of hydrogen-bond donors (Lipinski definition) is 2. The van der Waals surface area contributed by atoms with E-state index < -0.39 is 5.41 Å². The Morgan fingerprint density at radius 2 is 2.00 bits per heavy atom. The predicted octanol–water partition coefficient (Wildman–Crippen LogP) is 1.45. The van der Waals surface area contributed by atoms with Gasteiger partial charge in [-0.1, -0.05) is 13.8 Å². The van der Waals surface area contributed by atoms with Gasteiger partial charge in [0, 0.05) is 11.8 Å². The minimum absolute atomic E-state index is 0.0259. The van der Waals surface area contributed by atoms with E-state index >= 15 is 0 Å². The van der Waals surface area contributed by atoms with Crippen LogP contribution in [0.15, 0.2) is 22.8 Å². The highest BCUT2D eigenvalue weighted by Crippen LogP contribution is 2.30. The first-order chi connectivity index (χ1) is 6.64. The average Bonchev–Trinajstić information content (AvgIpc) is 2.66. The summed E-state index contributed by atoms with van der Waals surface area (Å²) in [5.41, 5.74) is -0.474. The van der Waals surface area contributed by atoms with Crippen LogP contribution >= 0.6 is 0 Å². The van der Waals surface area contributed by atoms with Gasteiger partial charge in [0.2, 0.25) is 0 Å². The SMILES string of the molecule is CC(C)C(CO)(CO)Cc1ccco1. The number of hydrogen-bond acceptors (Lipinski definition) is 3. The first kappa shape index (κ1) is 11.3. The van der Waals surface area contributed by atoms with Crippen LogP contribution in [0, 0.1) is 11.3 Å². The fourth-order valence-corrected chi connectivity index (χ4v) is 1.49. The van der Waals surface area contributed by atoms with Crippen molar-refractivity contribution in [2.75, 3.05) is 13.2 Å². The van der Waals surface area contributed by atoms with E-state index in [1.54, 1.807) is 6.26 Å². The molecule has 0 aliphatic rings. The molecule has 1 heterocycles. The van der Waals surface area contributed by atoms with Crippen LogP contribution in [0.5, 0.6) is 0 Å². The van der Waals surface area contributed by atoms with Crippen LogP contribution in [-0.2, 0) is 6.42 Å². The van der Waals surface area contributed by atoms with Gasteiger partial charge in [-0.3, -0.25) is 0 Å². The molecule has 0 aliphatic carbocycles. The highest BCUT2D eigenvalue weighted by molar-refractivity contribution is 5.03. The van der Waals surface area contributed by atoms with Crippen LogP contribution in [0.1, 0.15) is 19.6 Å². The number of rotatable bonds is 5. The monoisotopic (exact) mass is 198 g/mol. The maximum atomic E-state index is 9.34. The van der Waals surface area contributed by atoms with Gasteiger partial charge in [-0.05, 0) is 18.1 Å². The molecule has 0 aliphatic heterocycles. The van der Waals surface area contributed by atoms with Gasteiger partial charge >= 0.3 is 0 Å². The second-order valence-electron chi connectivity index (χ2n) is 4.09. The van der Waals surface area contributed by atoms with Gasteiger partial charge in [0.25, 0.3) is 0 Å². The van der Waals surface area contributed by atoms with Gasteiger partial charge in [-0.25, -0.2) is 0 Å². The molecule has 80 valence electrons. The van der Waals surface area contributed by atoms with Crippen molar-refractivity contribution in [3.05, 3.63) is 24.2 Å². The molecule has 3 heteroatoms. The Kier molecular flexibility index (Phi) is 3.72. The van der Waals surface area contributed by atoms with E-state index in [1.807, 2.05) is 26.0 Å². The third-order valence-corrected chi connectivity index (χ3v) is 2.96. The molecule has 14 heavy (non-hydrogen) atoms. The third-order valence-electron chi connectivity index (χ3n) is 2.96. The smallest absolute Gasteiger partial charge is 0.104 e. The van der Waals surface area contributed by atoms with Crippen molar-refractivity contribution in [1.29, 1.82) is 0 Å². The lowest BCUT2D eigenvalue weighted by atomic mass is 9.75. The lowest BCUT2D eigenvalue weighted by molar-refractivity contribution is 0.0124. The summed E-state index contributed by atoms with van der Waals surface area (Å²) in [6.45, 7) is 3.94. The van der Waals surface area contributed by atoms with E-state index in [0.29, 0.717) is 6.42 Å². The number of aliphatic hydroxyl groups is 2. The lowest BCUT2D eigenvalue weighted by Crippen LogP contribution is -2.37. The maximum Gasteiger partial charge on any atom is 0.104 e. The van der Waals surface area contributed by atoms with E-state index in [-0.39, 0.29) is 19.1 Å². The van der Waals surface area contributed by atoms with Gasteiger partial charge in [-0.15, -0.1) is 0 Å². The summed E-state index contributed by atoms with van der Waals surface area (Å²) in [6, 6.07) is 3.68. The predicted molar refractivity (Wildman–Crippen MR) is 53.9 cm³/mol. The fourth-order valence-electron chi connectivity index (χ4n) is 1.49. The molecule has 1 rings (SSSR count). The van der Waals surface area contributed by atoms with Crippen molar-refractivity contribution < 1.29 is 14.6 Å². The normalized spacial score (nSPS) is 12.4. The highest BCUT2D eigenvalue weighted by Gasteiger charge is 2.33. The molecular formula is C11H18O3. The lowest BCUT2D eigenvalue weighted by Gasteiger charge is -2.33. The number of aliphatic hydroxyl groups excluding tert-OH is 2. The summed E-state index contributed by atoms with van der Waals surface area (Å²) in [7, 11) is 0. The molecule has 2 N–H and O–H groups in total. The Balaban J connectivity index is 2.78. The fraction of sp³-hybridized carbons (Fsp3) is 0.636. The zero-order chi connectivity index (χ0) is 10.6. The summed E-state index contributed by atoms with van der Waals surface area (Å²) < 4.78 is 5.22. The van der Waals surface area contributed by atoms with Crippen molar-refractivity contribution in [3.8, 4) is 0 Å². The molecule has 1 aromatic heterocycles. The molecular weight excluding hydrogens is 180 g/mol. The molecule has 0 spiro atoms. The van der Waals surface area contributed by atoms with E-state index in [9.17, 15) is 10.2 Å². The summed E-state index contributed by atoms with van der Waals surface area (Å²) in [4.78, 5) is 0. The van der Waals surface area contributed by atoms with Crippen molar-refractivity contribution >= 4 is 0 Å². The standard InChI is InChI=1S/C11H18O3/c1-9(2)11(7-12,8-13)6-10-4-3-5-14-10/h3-5,9,12-13H,6-8H2,1-2H3. The second-order valence-corrected chi connectivity index (χ2v) is 4.09. The maximum absolute atomic E-state index is 9.34. The Morgan fingerprint density at radius 3 is 2.36 bits per heavy atom. The van der Waals surface area contributed by atoms with E-state index in [2.05, 4.69) is 0 Å². The molecule has 0 radical (unpaired) electrons. The Hall–Kier alpha value is -0.800. The molecule has 0 saturated heterocycles.